The van der Waals surface area contributed by atoms with Gasteiger partial charge in [0.2, 0.25) is 0 Å². The standard InChI is InChI=1S/C31H46O3/c1-9-11-13-17-30(5,6)25-20-24(29(33)34)26(23-16-15-21(3)19-22(23)4)27(28(25)32)31(7,8)18-14-12-10-2/h15-16,19-20,32H,9-14,17-18H2,1-8H3,(H,33,34). The molecule has 34 heavy (non-hydrogen) atoms. The highest BCUT2D eigenvalue weighted by molar-refractivity contribution is 5.99. The van der Waals surface area contributed by atoms with Crippen molar-refractivity contribution in [3.63, 3.8) is 0 Å². The Morgan fingerprint density at radius 1 is 0.853 bits per heavy atom. The van der Waals surface area contributed by atoms with Crippen LogP contribution in [0.3, 0.4) is 0 Å². The number of rotatable bonds is 12. The minimum absolute atomic E-state index is 0.281. The molecule has 188 valence electrons. The van der Waals surface area contributed by atoms with Crippen molar-refractivity contribution in [3.05, 3.63) is 52.1 Å². The fourth-order valence-corrected chi connectivity index (χ4v) is 5.28. The number of phenolic OH excluding ortho intramolecular Hbond substituents is 1. The Bertz CT molecular complexity index is 998. The third-order valence-corrected chi connectivity index (χ3v) is 7.40. The van der Waals surface area contributed by atoms with Crippen molar-refractivity contribution >= 4 is 5.97 Å². The highest BCUT2D eigenvalue weighted by atomic mass is 16.4. The van der Waals surface area contributed by atoms with Crippen LogP contribution in [-0.4, -0.2) is 16.2 Å². The van der Waals surface area contributed by atoms with Crippen molar-refractivity contribution < 1.29 is 15.0 Å². The summed E-state index contributed by atoms with van der Waals surface area (Å²) in [5.41, 5.74) is 4.89. The maximum Gasteiger partial charge on any atom is 0.336 e. The van der Waals surface area contributed by atoms with Crippen LogP contribution in [0.4, 0.5) is 0 Å². The number of aryl methyl sites for hydroxylation is 2. The fraction of sp³-hybridized carbons (Fsp3) is 0.581. The van der Waals surface area contributed by atoms with Gasteiger partial charge in [-0.1, -0.05) is 104 Å². The molecule has 0 saturated carbocycles. The summed E-state index contributed by atoms with van der Waals surface area (Å²) in [7, 11) is 0. The maximum absolute atomic E-state index is 12.7. The Kier molecular flexibility index (Phi) is 9.39. The van der Waals surface area contributed by atoms with Gasteiger partial charge in [0.25, 0.3) is 0 Å². The van der Waals surface area contributed by atoms with Gasteiger partial charge in [0.1, 0.15) is 5.75 Å². The second-order valence-electron chi connectivity index (χ2n) is 11.4. The van der Waals surface area contributed by atoms with Crippen LogP contribution >= 0.6 is 0 Å². The van der Waals surface area contributed by atoms with Gasteiger partial charge in [-0.25, -0.2) is 4.79 Å². The molecule has 0 aliphatic heterocycles. The van der Waals surface area contributed by atoms with E-state index in [2.05, 4.69) is 47.6 Å². The predicted molar refractivity (Wildman–Crippen MR) is 144 cm³/mol. The number of carbonyl (C=O) groups is 1. The lowest BCUT2D eigenvalue weighted by atomic mass is 9.70. The van der Waals surface area contributed by atoms with Gasteiger partial charge in [-0.2, -0.15) is 0 Å². The zero-order valence-corrected chi connectivity index (χ0v) is 22.8. The summed E-state index contributed by atoms with van der Waals surface area (Å²) in [4.78, 5) is 12.7. The lowest BCUT2D eigenvalue weighted by molar-refractivity contribution is 0.0697. The predicted octanol–water partition coefficient (Wildman–Crippen LogP) is 9.09. The van der Waals surface area contributed by atoms with Gasteiger partial charge in [-0.15, -0.1) is 0 Å². The van der Waals surface area contributed by atoms with Crippen LogP contribution in [0.5, 0.6) is 5.75 Å². The third kappa shape index (κ3) is 6.23. The summed E-state index contributed by atoms with van der Waals surface area (Å²) < 4.78 is 0. The van der Waals surface area contributed by atoms with Crippen LogP contribution in [0.1, 0.15) is 126 Å². The van der Waals surface area contributed by atoms with Crippen molar-refractivity contribution in [1.29, 1.82) is 0 Å². The van der Waals surface area contributed by atoms with E-state index in [0.717, 1.165) is 79.2 Å². The van der Waals surface area contributed by atoms with Gasteiger partial charge < -0.3 is 10.2 Å². The molecule has 0 radical (unpaired) electrons. The summed E-state index contributed by atoms with van der Waals surface area (Å²) in [6.07, 6.45) is 8.40. The van der Waals surface area contributed by atoms with E-state index in [0.29, 0.717) is 11.1 Å². The van der Waals surface area contributed by atoms with E-state index in [9.17, 15) is 15.0 Å². The average Bonchev–Trinajstić information content (AvgIpc) is 2.73. The topological polar surface area (TPSA) is 57.5 Å². The van der Waals surface area contributed by atoms with E-state index >= 15 is 0 Å². The normalized spacial score (nSPS) is 12.2. The molecule has 3 heteroatoms. The Hall–Kier alpha value is -2.29. The summed E-state index contributed by atoms with van der Waals surface area (Å²) >= 11 is 0. The lowest BCUT2D eigenvalue weighted by Crippen LogP contribution is -2.25. The molecule has 0 aromatic heterocycles. The number of benzene rings is 2. The first-order chi connectivity index (χ1) is 15.9. The molecule has 0 heterocycles. The highest BCUT2D eigenvalue weighted by Gasteiger charge is 2.36. The molecule has 0 amide bonds. The fourth-order valence-electron chi connectivity index (χ4n) is 5.28. The quantitative estimate of drug-likeness (QED) is 0.307. The summed E-state index contributed by atoms with van der Waals surface area (Å²) in [5, 5.41) is 22.3. The molecule has 0 bridgehead atoms. The van der Waals surface area contributed by atoms with Crippen LogP contribution in [0.25, 0.3) is 11.1 Å². The number of hydrogen-bond acceptors (Lipinski definition) is 2. The monoisotopic (exact) mass is 466 g/mol. The number of carboxylic acids is 1. The SMILES string of the molecule is CCCCCC(C)(C)c1cc(C(=O)O)c(-c2ccc(C)cc2C)c(C(C)(C)CCCCC)c1O. The van der Waals surface area contributed by atoms with Crippen molar-refractivity contribution in [2.45, 2.75) is 118 Å². The van der Waals surface area contributed by atoms with Gasteiger partial charge in [0, 0.05) is 16.7 Å². The van der Waals surface area contributed by atoms with Gasteiger partial charge in [0.15, 0.2) is 0 Å². The summed E-state index contributed by atoms with van der Waals surface area (Å²) in [5.74, 6) is -0.658. The first-order valence-electron chi connectivity index (χ1n) is 13.1. The second-order valence-corrected chi connectivity index (χ2v) is 11.4. The Morgan fingerprint density at radius 3 is 1.91 bits per heavy atom. The largest absolute Gasteiger partial charge is 0.507 e. The number of aromatic carboxylic acids is 1. The summed E-state index contributed by atoms with van der Waals surface area (Å²) in [6.45, 7) is 17.0. The molecule has 0 unspecified atom stereocenters. The van der Waals surface area contributed by atoms with E-state index in [4.69, 9.17) is 0 Å². The van der Waals surface area contributed by atoms with E-state index in [1.165, 1.54) is 0 Å². The van der Waals surface area contributed by atoms with Gasteiger partial charge in [-0.3, -0.25) is 0 Å². The van der Waals surface area contributed by atoms with Crippen molar-refractivity contribution in [1.82, 2.24) is 0 Å². The maximum atomic E-state index is 12.7. The minimum atomic E-state index is -0.939. The molecule has 0 aliphatic rings. The number of carboxylic acid groups (broad SMARTS) is 1. The molecule has 2 aromatic carbocycles. The molecule has 2 rings (SSSR count). The van der Waals surface area contributed by atoms with E-state index in [1.54, 1.807) is 6.07 Å². The van der Waals surface area contributed by atoms with E-state index in [-0.39, 0.29) is 16.6 Å². The third-order valence-electron chi connectivity index (χ3n) is 7.40. The van der Waals surface area contributed by atoms with Gasteiger partial charge >= 0.3 is 5.97 Å². The number of unbranched alkanes of at least 4 members (excludes halogenated alkanes) is 4. The average molecular weight is 467 g/mol. The van der Waals surface area contributed by atoms with Crippen LogP contribution in [0, 0.1) is 13.8 Å². The van der Waals surface area contributed by atoms with Crippen molar-refractivity contribution in [2.75, 3.05) is 0 Å². The van der Waals surface area contributed by atoms with Gasteiger partial charge in [-0.05, 0) is 54.7 Å². The minimum Gasteiger partial charge on any atom is -0.507 e. The number of phenols is 1. The van der Waals surface area contributed by atoms with Crippen LogP contribution in [0.15, 0.2) is 24.3 Å². The molecule has 0 aliphatic carbocycles. The smallest absolute Gasteiger partial charge is 0.336 e. The molecule has 3 nitrogen and oxygen atoms in total. The molecular formula is C31H46O3. The van der Waals surface area contributed by atoms with Crippen LogP contribution in [0.2, 0.25) is 0 Å². The zero-order valence-electron chi connectivity index (χ0n) is 22.8. The Morgan fingerprint density at radius 2 is 1.41 bits per heavy atom. The molecule has 2 N–H and O–H groups in total. The highest BCUT2D eigenvalue weighted by Crippen LogP contribution is 2.49. The molecule has 0 saturated heterocycles. The van der Waals surface area contributed by atoms with E-state index in [1.807, 2.05) is 26.0 Å². The van der Waals surface area contributed by atoms with Crippen molar-refractivity contribution in [3.8, 4) is 16.9 Å². The molecule has 2 aromatic rings. The van der Waals surface area contributed by atoms with Gasteiger partial charge in [0.05, 0.1) is 5.56 Å². The van der Waals surface area contributed by atoms with E-state index < -0.39 is 5.97 Å². The molecular weight excluding hydrogens is 420 g/mol. The molecule has 0 fully saturated rings. The number of aromatic hydroxyl groups is 1. The number of hydrogen-bond donors (Lipinski definition) is 2. The first-order valence-corrected chi connectivity index (χ1v) is 13.1. The van der Waals surface area contributed by atoms with Crippen LogP contribution < -0.4 is 0 Å². The Balaban J connectivity index is 2.90. The van der Waals surface area contributed by atoms with Crippen LogP contribution in [-0.2, 0) is 10.8 Å². The zero-order chi connectivity index (χ0) is 25.7. The lowest BCUT2D eigenvalue weighted by Gasteiger charge is -2.35. The second kappa shape index (κ2) is 11.4. The molecule has 0 spiro atoms. The molecule has 0 atom stereocenters. The Labute approximate surface area is 207 Å². The van der Waals surface area contributed by atoms with Crippen molar-refractivity contribution in [2.24, 2.45) is 0 Å². The summed E-state index contributed by atoms with van der Waals surface area (Å²) in [6, 6.07) is 7.89. The first kappa shape index (κ1) is 28.0.